The minimum atomic E-state index is -0.213. The molecule has 7 nitrogen and oxygen atoms in total. The highest BCUT2D eigenvalue weighted by atomic mass is 16.1. The fraction of sp³-hybridized carbons (Fsp3) is 0.333. The largest absolute Gasteiger partial charge is 0.365 e. The summed E-state index contributed by atoms with van der Waals surface area (Å²) in [4.78, 5) is 17.8. The number of anilines is 1. The Hall–Kier alpha value is -2.54. The van der Waals surface area contributed by atoms with Gasteiger partial charge in [-0.3, -0.25) is 9.78 Å². The van der Waals surface area contributed by atoms with E-state index in [1.165, 1.54) is 0 Å². The molecule has 1 amide bonds. The Bertz CT molecular complexity index is 585. The molecule has 0 unspecified atom stereocenters. The molecule has 0 aliphatic rings. The van der Waals surface area contributed by atoms with Crippen molar-refractivity contribution in [3.63, 3.8) is 0 Å². The van der Waals surface area contributed by atoms with Gasteiger partial charge in [0.25, 0.3) is 5.91 Å². The van der Waals surface area contributed by atoms with Crippen LogP contribution >= 0.6 is 0 Å². The van der Waals surface area contributed by atoms with E-state index in [0.717, 1.165) is 12.1 Å². The number of amides is 1. The SMILES string of the molecule is CN(C)CCNC(=O)c1ccc(NCc2ccncc2)nn1. The minimum absolute atomic E-state index is 0.213. The molecule has 22 heavy (non-hydrogen) atoms. The molecule has 0 aliphatic heterocycles. The van der Waals surface area contributed by atoms with E-state index in [2.05, 4.69) is 25.8 Å². The third-order valence-electron chi connectivity index (χ3n) is 2.96. The third-order valence-corrected chi connectivity index (χ3v) is 2.96. The maximum Gasteiger partial charge on any atom is 0.271 e. The molecule has 0 spiro atoms. The average molecular weight is 300 g/mol. The lowest BCUT2D eigenvalue weighted by Gasteiger charge is -2.10. The number of nitrogens with zero attached hydrogens (tertiary/aromatic N) is 4. The van der Waals surface area contributed by atoms with Crippen molar-refractivity contribution in [2.75, 3.05) is 32.5 Å². The van der Waals surface area contributed by atoms with Crippen LogP contribution in [0.15, 0.2) is 36.7 Å². The molecule has 0 fully saturated rings. The monoisotopic (exact) mass is 300 g/mol. The van der Waals surface area contributed by atoms with Gasteiger partial charge in [0.2, 0.25) is 0 Å². The summed E-state index contributed by atoms with van der Waals surface area (Å²) in [6, 6.07) is 7.25. The minimum Gasteiger partial charge on any atom is -0.365 e. The number of carbonyl (C=O) groups excluding carboxylic acids is 1. The number of hydrogen-bond donors (Lipinski definition) is 2. The fourth-order valence-electron chi connectivity index (χ4n) is 1.72. The van der Waals surface area contributed by atoms with Crippen molar-refractivity contribution in [2.24, 2.45) is 0 Å². The first-order chi connectivity index (χ1) is 10.6. The molecule has 0 atom stereocenters. The summed E-state index contributed by atoms with van der Waals surface area (Å²) >= 11 is 0. The summed E-state index contributed by atoms with van der Waals surface area (Å²) < 4.78 is 0. The van der Waals surface area contributed by atoms with E-state index in [1.54, 1.807) is 24.5 Å². The molecule has 0 aliphatic carbocycles. The molecule has 2 heterocycles. The van der Waals surface area contributed by atoms with Gasteiger partial charge in [-0.2, -0.15) is 0 Å². The number of rotatable bonds is 7. The second kappa shape index (κ2) is 8.04. The fourth-order valence-corrected chi connectivity index (χ4v) is 1.72. The van der Waals surface area contributed by atoms with Crippen molar-refractivity contribution in [1.82, 2.24) is 25.4 Å². The van der Waals surface area contributed by atoms with Gasteiger partial charge in [0.15, 0.2) is 5.69 Å². The summed E-state index contributed by atoms with van der Waals surface area (Å²) in [5.74, 6) is 0.414. The molecule has 2 aromatic rings. The number of nitrogens with one attached hydrogen (secondary N) is 2. The van der Waals surface area contributed by atoms with Crippen LogP contribution in [0.4, 0.5) is 5.82 Å². The van der Waals surface area contributed by atoms with Crippen LogP contribution in [-0.2, 0) is 6.54 Å². The van der Waals surface area contributed by atoms with Crippen LogP contribution in [0.5, 0.6) is 0 Å². The highest BCUT2D eigenvalue weighted by Gasteiger charge is 2.07. The van der Waals surface area contributed by atoms with E-state index in [-0.39, 0.29) is 5.91 Å². The van der Waals surface area contributed by atoms with Crippen LogP contribution in [0.2, 0.25) is 0 Å². The van der Waals surface area contributed by atoms with Gasteiger partial charge < -0.3 is 15.5 Å². The second-order valence-electron chi connectivity index (χ2n) is 5.07. The van der Waals surface area contributed by atoms with E-state index in [0.29, 0.717) is 24.6 Å². The molecule has 0 saturated carbocycles. The Morgan fingerprint density at radius 3 is 2.55 bits per heavy atom. The van der Waals surface area contributed by atoms with E-state index >= 15 is 0 Å². The lowest BCUT2D eigenvalue weighted by Crippen LogP contribution is -2.31. The third kappa shape index (κ3) is 5.10. The molecular weight excluding hydrogens is 280 g/mol. The van der Waals surface area contributed by atoms with Gasteiger partial charge in [0.05, 0.1) is 0 Å². The Morgan fingerprint density at radius 2 is 1.91 bits per heavy atom. The Morgan fingerprint density at radius 1 is 1.14 bits per heavy atom. The molecule has 116 valence electrons. The highest BCUT2D eigenvalue weighted by molar-refractivity contribution is 5.92. The highest BCUT2D eigenvalue weighted by Crippen LogP contribution is 2.05. The predicted molar refractivity (Wildman–Crippen MR) is 84.5 cm³/mol. The van der Waals surface area contributed by atoms with Crippen molar-refractivity contribution in [3.05, 3.63) is 47.9 Å². The van der Waals surface area contributed by atoms with Crippen molar-refractivity contribution < 1.29 is 4.79 Å². The van der Waals surface area contributed by atoms with Gasteiger partial charge in [0, 0.05) is 32.0 Å². The number of aromatic nitrogens is 3. The Balaban J connectivity index is 1.83. The Kier molecular flexibility index (Phi) is 5.79. The number of carbonyl (C=O) groups is 1. The maximum atomic E-state index is 11.9. The average Bonchev–Trinajstić information content (AvgIpc) is 2.54. The van der Waals surface area contributed by atoms with Gasteiger partial charge in [0.1, 0.15) is 5.82 Å². The van der Waals surface area contributed by atoms with Crippen LogP contribution in [0.25, 0.3) is 0 Å². The summed E-state index contributed by atoms with van der Waals surface area (Å²) in [7, 11) is 3.91. The molecule has 0 radical (unpaired) electrons. The van der Waals surface area contributed by atoms with E-state index < -0.39 is 0 Å². The lowest BCUT2D eigenvalue weighted by molar-refractivity contribution is 0.0945. The van der Waals surface area contributed by atoms with E-state index in [9.17, 15) is 4.79 Å². The zero-order valence-corrected chi connectivity index (χ0v) is 12.8. The molecule has 2 aromatic heterocycles. The molecule has 2 rings (SSSR count). The standard InChI is InChI=1S/C15H20N6O/c1-21(2)10-9-17-15(22)13-3-4-14(20-19-13)18-11-12-5-7-16-8-6-12/h3-8H,9-11H2,1-2H3,(H,17,22)(H,18,20). The predicted octanol–water partition coefficient (Wildman–Crippen LogP) is 0.775. The molecule has 7 heteroatoms. The van der Waals surface area contributed by atoms with Crippen LogP contribution in [0.3, 0.4) is 0 Å². The number of likely N-dealkylation sites (N-methyl/N-ethyl adjacent to an activating group) is 1. The smallest absolute Gasteiger partial charge is 0.271 e. The maximum absolute atomic E-state index is 11.9. The molecule has 0 aromatic carbocycles. The summed E-state index contributed by atoms with van der Waals surface area (Å²) in [6.07, 6.45) is 3.48. The molecule has 2 N–H and O–H groups in total. The Labute approximate surface area is 129 Å². The second-order valence-corrected chi connectivity index (χ2v) is 5.07. The van der Waals surface area contributed by atoms with Gasteiger partial charge in [-0.15, -0.1) is 10.2 Å². The van der Waals surface area contributed by atoms with Crippen molar-refractivity contribution in [3.8, 4) is 0 Å². The summed E-state index contributed by atoms with van der Waals surface area (Å²) in [6.45, 7) is 1.99. The quantitative estimate of drug-likeness (QED) is 0.786. The van der Waals surface area contributed by atoms with Crippen LogP contribution < -0.4 is 10.6 Å². The number of hydrogen-bond acceptors (Lipinski definition) is 6. The number of pyridine rings is 1. The van der Waals surface area contributed by atoms with Gasteiger partial charge in [-0.05, 0) is 43.9 Å². The van der Waals surface area contributed by atoms with Gasteiger partial charge in [-0.1, -0.05) is 0 Å². The van der Waals surface area contributed by atoms with E-state index in [1.807, 2.05) is 31.1 Å². The van der Waals surface area contributed by atoms with Crippen LogP contribution in [0, 0.1) is 0 Å². The van der Waals surface area contributed by atoms with Gasteiger partial charge >= 0.3 is 0 Å². The molecule has 0 bridgehead atoms. The van der Waals surface area contributed by atoms with Crippen LogP contribution in [-0.4, -0.2) is 53.2 Å². The molecular formula is C15H20N6O. The molecule has 0 saturated heterocycles. The normalized spacial score (nSPS) is 10.5. The van der Waals surface area contributed by atoms with Crippen molar-refractivity contribution in [1.29, 1.82) is 0 Å². The zero-order valence-electron chi connectivity index (χ0n) is 12.8. The summed E-state index contributed by atoms with van der Waals surface area (Å²) in [5.41, 5.74) is 1.41. The van der Waals surface area contributed by atoms with Crippen LogP contribution in [0.1, 0.15) is 16.1 Å². The van der Waals surface area contributed by atoms with Crippen molar-refractivity contribution >= 4 is 11.7 Å². The first-order valence-corrected chi connectivity index (χ1v) is 7.04. The van der Waals surface area contributed by atoms with Crippen molar-refractivity contribution in [2.45, 2.75) is 6.54 Å². The summed E-state index contributed by atoms with van der Waals surface area (Å²) in [5, 5.41) is 13.9. The van der Waals surface area contributed by atoms with Gasteiger partial charge in [-0.25, -0.2) is 0 Å². The van der Waals surface area contributed by atoms with E-state index in [4.69, 9.17) is 0 Å². The first-order valence-electron chi connectivity index (χ1n) is 7.04. The topological polar surface area (TPSA) is 83.0 Å². The zero-order chi connectivity index (χ0) is 15.8. The first kappa shape index (κ1) is 15.8. The lowest BCUT2D eigenvalue weighted by atomic mass is 10.3.